The van der Waals surface area contributed by atoms with E-state index in [1.54, 1.807) is 19.1 Å². The second kappa shape index (κ2) is 6.71. The number of hydrogen-bond acceptors (Lipinski definition) is 4. The van der Waals surface area contributed by atoms with E-state index in [1.165, 1.54) is 32.2 Å². The number of benzene rings is 2. The molecule has 23 heavy (non-hydrogen) atoms. The van der Waals surface area contributed by atoms with Crippen molar-refractivity contribution in [2.75, 3.05) is 12.4 Å². The molecule has 0 atom stereocenters. The smallest absolute Gasteiger partial charge is 0.255 e. The number of carbonyl (C=O) groups is 2. The molecule has 5 nitrogen and oxygen atoms in total. The summed E-state index contributed by atoms with van der Waals surface area (Å²) in [5.41, 5.74) is 1.68. The normalized spacial score (nSPS) is 10.3. The van der Waals surface area contributed by atoms with Crippen molar-refractivity contribution in [2.24, 2.45) is 0 Å². The minimum Gasteiger partial charge on any atom is -0.507 e. The Kier molecular flexibility index (Phi) is 4.91. The molecular formula is C17H16ClNO4. The zero-order valence-electron chi connectivity index (χ0n) is 12.9. The van der Waals surface area contributed by atoms with E-state index in [2.05, 4.69) is 5.32 Å². The van der Waals surface area contributed by atoms with Gasteiger partial charge in [0.1, 0.15) is 11.5 Å². The van der Waals surface area contributed by atoms with Crippen LogP contribution in [-0.2, 0) is 0 Å². The molecule has 0 radical (unpaired) electrons. The summed E-state index contributed by atoms with van der Waals surface area (Å²) in [6, 6.07) is 7.49. The molecular weight excluding hydrogens is 318 g/mol. The van der Waals surface area contributed by atoms with Gasteiger partial charge < -0.3 is 15.2 Å². The molecule has 0 unspecified atom stereocenters. The standard InChI is InChI=1S/C17H16ClNO4/c1-9-6-11(7-14(18)16(9)23-3)17(22)19-12-4-5-13(10(2)20)15(21)8-12/h4-8,21H,1-3H3,(H,19,22). The number of phenolic OH excluding ortho intramolecular Hbond substituents is 1. The van der Waals surface area contributed by atoms with Gasteiger partial charge in [-0.15, -0.1) is 0 Å². The molecule has 0 aliphatic rings. The Labute approximate surface area is 138 Å². The quantitative estimate of drug-likeness (QED) is 0.834. The topological polar surface area (TPSA) is 75.6 Å². The molecule has 0 heterocycles. The zero-order valence-corrected chi connectivity index (χ0v) is 13.7. The summed E-state index contributed by atoms with van der Waals surface area (Å²) in [7, 11) is 1.51. The third kappa shape index (κ3) is 3.63. The van der Waals surface area contributed by atoms with Gasteiger partial charge in [-0.2, -0.15) is 0 Å². The second-order valence-electron chi connectivity index (χ2n) is 5.05. The highest BCUT2D eigenvalue weighted by atomic mass is 35.5. The predicted octanol–water partition coefficient (Wildman–Crippen LogP) is 3.82. The minimum absolute atomic E-state index is 0.181. The highest BCUT2D eigenvalue weighted by molar-refractivity contribution is 6.32. The Bertz CT molecular complexity index is 763. The van der Waals surface area contributed by atoms with E-state index in [-0.39, 0.29) is 23.0 Å². The number of ketones is 1. The van der Waals surface area contributed by atoms with Gasteiger partial charge in [0.2, 0.25) is 0 Å². The molecule has 0 aliphatic carbocycles. The lowest BCUT2D eigenvalue weighted by molar-refractivity contribution is 0.101. The molecule has 0 bridgehead atoms. The van der Waals surface area contributed by atoms with Crippen LogP contribution < -0.4 is 10.1 Å². The number of Topliss-reactive ketones (excluding diaryl/α,β-unsaturated/α-hetero) is 1. The van der Waals surface area contributed by atoms with Gasteiger partial charge in [0, 0.05) is 17.3 Å². The Hall–Kier alpha value is -2.53. The lowest BCUT2D eigenvalue weighted by Crippen LogP contribution is -2.12. The van der Waals surface area contributed by atoms with Gasteiger partial charge in [-0.3, -0.25) is 9.59 Å². The van der Waals surface area contributed by atoms with Crippen LogP contribution in [0.4, 0.5) is 5.69 Å². The molecule has 0 saturated heterocycles. The Balaban J connectivity index is 2.26. The van der Waals surface area contributed by atoms with Gasteiger partial charge >= 0.3 is 0 Å². The van der Waals surface area contributed by atoms with Crippen LogP contribution in [0.5, 0.6) is 11.5 Å². The number of aryl methyl sites for hydroxylation is 1. The average Bonchev–Trinajstić information content (AvgIpc) is 2.46. The van der Waals surface area contributed by atoms with Crippen LogP contribution in [0.1, 0.15) is 33.2 Å². The number of nitrogens with one attached hydrogen (secondary N) is 1. The first-order valence-corrected chi connectivity index (χ1v) is 7.20. The monoisotopic (exact) mass is 333 g/mol. The molecule has 2 N–H and O–H groups in total. The van der Waals surface area contributed by atoms with E-state index in [4.69, 9.17) is 16.3 Å². The van der Waals surface area contributed by atoms with Crippen LogP contribution in [0.2, 0.25) is 5.02 Å². The van der Waals surface area contributed by atoms with Gasteiger partial charge in [0.25, 0.3) is 5.91 Å². The minimum atomic E-state index is -0.382. The number of rotatable bonds is 4. The molecule has 2 aromatic carbocycles. The molecule has 120 valence electrons. The van der Waals surface area contributed by atoms with Crippen molar-refractivity contribution >= 4 is 29.0 Å². The zero-order chi connectivity index (χ0) is 17.1. The second-order valence-corrected chi connectivity index (χ2v) is 5.46. The van der Waals surface area contributed by atoms with E-state index >= 15 is 0 Å². The third-order valence-electron chi connectivity index (χ3n) is 3.33. The molecule has 2 rings (SSSR count). The number of hydrogen-bond donors (Lipinski definition) is 2. The van der Waals surface area contributed by atoms with Crippen LogP contribution in [0.3, 0.4) is 0 Å². The number of ether oxygens (including phenoxy) is 1. The fourth-order valence-corrected chi connectivity index (χ4v) is 2.57. The van der Waals surface area contributed by atoms with Crippen molar-refractivity contribution in [2.45, 2.75) is 13.8 Å². The summed E-state index contributed by atoms with van der Waals surface area (Å²) in [4.78, 5) is 23.6. The summed E-state index contributed by atoms with van der Waals surface area (Å²) in [5, 5.41) is 12.8. The van der Waals surface area contributed by atoms with Crippen LogP contribution in [-0.4, -0.2) is 23.9 Å². The lowest BCUT2D eigenvalue weighted by atomic mass is 10.1. The fourth-order valence-electron chi connectivity index (χ4n) is 2.23. The van der Waals surface area contributed by atoms with Gasteiger partial charge in [-0.05, 0) is 43.7 Å². The van der Waals surface area contributed by atoms with Crippen LogP contribution in [0, 0.1) is 6.92 Å². The van der Waals surface area contributed by atoms with Gasteiger partial charge in [0.05, 0.1) is 17.7 Å². The summed E-state index contributed by atoms with van der Waals surface area (Å²) in [5.74, 6) is -0.295. The van der Waals surface area contributed by atoms with Crippen molar-refractivity contribution in [3.63, 3.8) is 0 Å². The van der Waals surface area contributed by atoms with Crippen molar-refractivity contribution in [1.29, 1.82) is 0 Å². The van der Waals surface area contributed by atoms with Gasteiger partial charge in [0.15, 0.2) is 5.78 Å². The molecule has 0 aromatic heterocycles. The maximum atomic E-state index is 12.3. The van der Waals surface area contributed by atoms with Crippen molar-refractivity contribution < 1.29 is 19.4 Å². The number of amides is 1. The van der Waals surface area contributed by atoms with E-state index in [0.29, 0.717) is 22.0 Å². The molecule has 1 amide bonds. The van der Waals surface area contributed by atoms with Crippen LogP contribution in [0.15, 0.2) is 30.3 Å². The Morgan fingerprint density at radius 3 is 2.43 bits per heavy atom. The summed E-state index contributed by atoms with van der Waals surface area (Å²) >= 11 is 6.08. The Morgan fingerprint density at radius 2 is 1.91 bits per heavy atom. The summed E-state index contributed by atoms with van der Waals surface area (Å²) < 4.78 is 5.15. The molecule has 0 spiro atoms. The fraction of sp³-hybridized carbons (Fsp3) is 0.176. The SMILES string of the molecule is COc1c(C)cc(C(=O)Nc2ccc(C(C)=O)c(O)c2)cc1Cl. The Morgan fingerprint density at radius 1 is 1.22 bits per heavy atom. The third-order valence-corrected chi connectivity index (χ3v) is 3.61. The summed E-state index contributed by atoms with van der Waals surface area (Å²) in [6.07, 6.45) is 0. The number of phenols is 1. The summed E-state index contributed by atoms with van der Waals surface area (Å²) in [6.45, 7) is 3.14. The maximum Gasteiger partial charge on any atom is 0.255 e. The van der Waals surface area contributed by atoms with Crippen LogP contribution >= 0.6 is 11.6 Å². The number of carbonyl (C=O) groups excluding carboxylic acids is 2. The molecule has 0 fully saturated rings. The van der Waals surface area contributed by atoms with Crippen molar-refractivity contribution in [3.8, 4) is 11.5 Å². The van der Waals surface area contributed by atoms with E-state index in [9.17, 15) is 14.7 Å². The molecule has 2 aromatic rings. The van der Waals surface area contributed by atoms with Crippen molar-refractivity contribution in [3.05, 3.63) is 52.0 Å². The first kappa shape index (κ1) is 16.8. The van der Waals surface area contributed by atoms with Crippen molar-refractivity contribution in [1.82, 2.24) is 0 Å². The molecule has 6 heteroatoms. The average molecular weight is 334 g/mol. The highest BCUT2D eigenvalue weighted by Gasteiger charge is 2.14. The highest BCUT2D eigenvalue weighted by Crippen LogP contribution is 2.30. The van der Waals surface area contributed by atoms with Gasteiger partial charge in [-0.1, -0.05) is 11.6 Å². The van der Waals surface area contributed by atoms with E-state index < -0.39 is 0 Å². The predicted molar refractivity (Wildman–Crippen MR) is 88.8 cm³/mol. The molecule has 0 aliphatic heterocycles. The number of halogens is 1. The maximum absolute atomic E-state index is 12.3. The number of aromatic hydroxyl groups is 1. The first-order valence-electron chi connectivity index (χ1n) is 6.83. The largest absolute Gasteiger partial charge is 0.507 e. The van der Waals surface area contributed by atoms with Gasteiger partial charge in [-0.25, -0.2) is 0 Å². The van der Waals surface area contributed by atoms with E-state index in [0.717, 1.165) is 5.56 Å². The van der Waals surface area contributed by atoms with E-state index in [1.807, 2.05) is 0 Å². The van der Waals surface area contributed by atoms with Crippen LogP contribution in [0.25, 0.3) is 0 Å². The molecule has 0 saturated carbocycles. The number of anilines is 1. The lowest BCUT2D eigenvalue weighted by Gasteiger charge is -2.11. The first-order chi connectivity index (χ1) is 10.8. The number of methoxy groups -OCH3 is 1.